The minimum absolute atomic E-state index is 0.0647. The lowest BCUT2D eigenvalue weighted by Gasteiger charge is -2.30. The lowest BCUT2D eigenvalue weighted by molar-refractivity contribution is -0.154. The second-order valence-corrected chi connectivity index (χ2v) is 4.61. The van der Waals surface area contributed by atoms with Gasteiger partial charge in [-0.25, -0.2) is 4.79 Å². The maximum absolute atomic E-state index is 12.2. The molecule has 8 heteroatoms. The van der Waals surface area contributed by atoms with Gasteiger partial charge in [-0.2, -0.15) is 0 Å². The number of carboxylic acid groups (broad SMARTS) is 1. The number of aryl methyl sites for hydroxylation is 1. The van der Waals surface area contributed by atoms with Gasteiger partial charge >= 0.3 is 5.97 Å². The fourth-order valence-electron chi connectivity index (χ4n) is 1.73. The van der Waals surface area contributed by atoms with Crippen LogP contribution in [0.2, 0.25) is 0 Å². The number of carbonyl (C=O) groups excluding carboxylic acids is 1. The molecule has 1 N–H and O–H groups in total. The molecule has 1 atom stereocenters. The topological polar surface area (TPSA) is 92.6 Å². The van der Waals surface area contributed by atoms with E-state index in [2.05, 4.69) is 9.59 Å². The number of morpholine rings is 1. The lowest BCUT2D eigenvalue weighted by atomic mass is 10.2. The molecule has 2 heterocycles. The van der Waals surface area contributed by atoms with Crippen molar-refractivity contribution in [2.45, 2.75) is 19.4 Å². The quantitative estimate of drug-likeness (QED) is 0.833. The van der Waals surface area contributed by atoms with Gasteiger partial charge in [0.2, 0.25) is 0 Å². The predicted molar refractivity (Wildman–Crippen MR) is 62.6 cm³/mol. The Morgan fingerprint density at radius 3 is 3.06 bits per heavy atom. The summed E-state index contributed by atoms with van der Waals surface area (Å²) in [5, 5.41) is 12.8. The van der Waals surface area contributed by atoms with Crippen molar-refractivity contribution in [2.75, 3.05) is 19.7 Å². The summed E-state index contributed by atoms with van der Waals surface area (Å²) >= 11 is 1.04. The van der Waals surface area contributed by atoms with E-state index in [1.165, 1.54) is 4.90 Å². The molecule has 2 rings (SSSR count). The van der Waals surface area contributed by atoms with E-state index in [1.807, 2.05) is 6.92 Å². The fraction of sp³-hybridized carbons (Fsp3) is 0.600. The Hall–Kier alpha value is -1.54. The zero-order chi connectivity index (χ0) is 13.1. The van der Waals surface area contributed by atoms with Gasteiger partial charge in [-0.05, 0) is 18.0 Å². The maximum atomic E-state index is 12.2. The molecule has 98 valence electrons. The first kappa shape index (κ1) is 12.9. The van der Waals surface area contributed by atoms with Crippen molar-refractivity contribution in [1.82, 2.24) is 14.5 Å². The van der Waals surface area contributed by atoms with Crippen LogP contribution in [0.4, 0.5) is 0 Å². The molecular weight excluding hydrogens is 258 g/mol. The second-order valence-electron chi connectivity index (χ2n) is 3.85. The van der Waals surface area contributed by atoms with Crippen molar-refractivity contribution >= 4 is 23.4 Å². The molecule has 0 aromatic carbocycles. The molecule has 7 nitrogen and oxygen atoms in total. The lowest BCUT2D eigenvalue weighted by Crippen LogP contribution is -2.48. The summed E-state index contributed by atoms with van der Waals surface area (Å²) in [4.78, 5) is 25.0. The minimum Gasteiger partial charge on any atom is -0.479 e. The number of aromatic nitrogens is 2. The molecule has 1 aromatic rings. The highest BCUT2D eigenvalue weighted by molar-refractivity contribution is 7.08. The van der Waals surface area contributed by atoms with Crippen LogP contribution >= 0.6 is 11.5 Å². The van der Waals surface area contributed by atoms with Gasteiger partial charge in [-0.3, -0.25) is 4.79 Å². The van der Waals surface area contributed by atoms with Gasteiger partial charge in [0.05, 0.1) is 18.8 Å². The molecule has 1 amide bonds. The van der Waals surface area contributed by atoms with Gasteiger partial charge in [0, 0.05) is 6.54 Å². The van der Waals surface area contributed by atoms with E-state index < -0.39 is 12.1 Å². The normalized spacial score (nSPS) is 19.8. The average Bonchev–Trinajstić information content (AvgIpc) is 2.86. The highest BCUT2D eigenvalue weighted by atomic mass is 32.1. The van der Waals surface area contributed by atoms with E-state index in [-0.39, 0.29) is 19.1 Å². The van der Waals surface area contributed by atoms with Crippen molar-refractivity contribution in [3.8, 4) is 0 Å². The summed E-state index contributed by atoms with van der Waals surface area (Å²) in [7, 11) is 0. The molecule has 1 aliphatic heterocycles. The van der Waals surface area contributed by atoms with Crippen LogP contribution in [0.15, 0.2) is 0 Å². The van der Waals surface area contributed by atoms with E-state index in [0.717, 1.165) is 11.5 Å². The molecule has 1 fully saturated rings. The summed E-state index contributed by atoms with van der Waals surface area (Å²) in [6.45, 7) is 2.59. The SMILES string of the molecule is CCc1nnsc1C(=O)N1CCOC(C(=O)O)C1. The van der Waals surface area contributed by atoms with Crippen LogP contribution in [0.1, 0.15) is 22.3 Å². The Balaban J connectivity index is 2.11. The smallest absolute Gasteiger partial charge is 0.334 e. The molecule has 1 unspecified atom stereocenters. The fourth-order valence-corrected chi connectivity index (χ4v) is 2.45. The number of hydrogen-bond acceptors (Lipinski definition) is 6. The monoisotopic (exact) mass is 271 g/mol. The molecule has 1 aromatic heterocycles. The highest BCUT2D eigenvalue weighted by Gasteiger charge is 2.31. The van der Waals surface area contributed by atoms with E-state index in [4.69, 9.17) is 9.84 Å². The van der Waals surface area contributed by atoms with Crippen LogP contribution in [0.25, 0.3) is 0 Å². The average molecular weight is 271 g/mol. The predicted octanol–water partition coefficient (Wildman–Crippen LogP) is 0.0261. The van der Waals surface area contributed by atoms with Crippen molar-refractivity contribution < 1.29 is 19.4 Å². The minimum atomic E-state index is -1.05. The summed E-state index contributed by atoms with van der Waals surface area (Å²) in [5.41, 5.74) is 0.656. The standard InChI is InChI=1S/C10H13N3O4S/c1-2-6-8(18-12-11-6)9(14)13-3-4-17-7(5-13)10(15)16/h7H,2-5H2,1H3,(H,15,16). The maximum Gasteiger partial charge on any atom is 0.334 e. The number of amides is 1. The van der Waals surface area contributed by atoms with Crippen LogP contribution in [0, 0.1) is 0 Å². The number of nitrogens with zero attached hydrogens (tertiary/aromatic N) is 3. The number of aliphatic carboxylic acids is 1. The molecule has 0 saturated carbocycles. The zero-order valence-electron chi connectivity index (χ0n) is 9.83. The van der Waals surface area contributed by atoms with Crippen LogP contribution in [0.3, 0.4) is 0 Å². The van der Waals surface area contributed by atoms with Gasteiger partial charge < -0.3 is 14.7 Å². The Bertz CT molecular complexity index is 462. The number of ether oxygens (including phenoxy) is 1. The van der Waals surface area contributed by atoms with Crippen LogP contribution < -0.4 is 0 Å². The van der Waals surface area contributed by atoms with E-state index in [0.29, 0.717) is 23.5 Å². The number of carbonyl (C=O) groups is 2. The van der Waals surface area contributed by atoms with Crippen molar-refractivity contribution in [2.24, 2.45) is 0 Å². The molecular formula is C10H13N3O4S. The number of hydrogen-bond donors (Lipinski definition) is 1. The first-order valence-electron chi connectivity index (χ1n) is 5.58. The van der Waals surface area contributed by atoms with Crippen LogP contribution in [0.5, 0.6) is 0 Å². The largest absolute Gasteiger partial charge is 0.479 e. The summed E-state index contributed by atoms with van der Waals surface area (Å²) in [6.07, 6.45) is -0.321. The molecule has 1 saturated heterocycles. The number of rotatable bonds is 3. The van der Waals surface area contributed by atoms with Gasteiger partial charge in [-0.15, -0.1) is 5.10 Å². The van der Waals surface area contributed by atoms with E-state index in [1.54, 1.807) is 0 Å². The first-order valence-corrected chi connectivity index (χ1v) is 6.35. The van der Waals surface area contributed by atoms with Gasteiger partial charge in [0.25, 0.3) is 5.91 Å². The third-order valence-corrected chi connectivity index (χ3v) is 3.47. The van der Waals surface area contributed by atoms with Crippen LogP contribution in [-0.2, 0) is 16.0 Å². The Kier molecular flexibility index (Phi) is 3.87. The van der Waals surface area contributed by atoms with Crippen molar-refractivity contribution in [3.05, 3.63) is 10.6 Å². The highest BCUT2D eigenvalue weighted by Crippen LogP contribution is 2.16. The molecule has 0 aliphatic carbocycles. The third kappa shape index (κ3) is 2.49. The molecule has 0 radical (unpaired) electrons. The van der Waals surface area contributed by atoms with Crippen LogP contribution in [-0.4, -0.2) is 57.3 Å². The second kappa shape index (κ2) is 5.40. The van der Waals surface area contributed by atoms with E-state index in [9.17, 15) is 9.59 Å². The summed E-state index contributed by atoms with van der Waals surface area (Å²) < 4.78 is 8.83. The zero-order valence-corrected chi connectivity index (χ0v) is 10.6. The molecule has 18 heavy (non-hydrogen) atoms. The van der Waals surface area contributed by atoms with Crippen molar-refractivity contribution in [1.29, 1.82) is 0 Å². The molecule has 0 bridgehead atoms. The van der Waals surface area contributed by atoms with Gasteiger partial charge in [0.1, 0.15) is 4.88 Å². The van der Waals surface area contributed by atoms with Crippen molar-refractivity contribution in [3.63, 3.8) is 0 Å². The summed E-state index contributed by atoms with van der Waals surface area (Å²) in [5.74, 6) is -1.26. The number of carboxylic acids is 1. The Morgan fingerprint density at radius 2 is 2.39 bits per heavy atom. The molecule has 1 aliphatic rings. The Morgan fingerprint density at radius 1 is 1.61 bits per heavy atom. The van der Waals surface area contributed by atoms with Gasteiger partial charge in [0.15, 0.2) is 6.10 Å². The molecule has 0 spiro atoms. The third-order valence-electron chi connectivity index (χ3n) is 2.71. The first-order chi connectivity index (χ1) is 8.63. The summed E-state index contributed by atoms with van der Waals surface area (Å²) in [6, 6.07) is 0. The van der Waals surface area contributed by atoms with E-state index >= 15 is 0 Å². The van der Waals surface area contributed by atoms with Gasteiger partial charge in [-0.1, -0.05) is 11.4 Å². The Labute approximate surface area is 108 Å².